The Morgan fingerprint density at radius 3 is 2.75 bits per heavy atom. The maximum atomic E-state index is 11.8. The van der Waals surface area contributed by atoms with Crippen LogP contribution in [0.2, 0.25) is 0 Å². The molecule has 0 saturated carbocycles. The molecular formula is C15H24N2O3. The molecule has 1 aromatic rings. The van der Waals surface area contributed by atoms with Gasteiger partial charge in [0.05, 0.1) is 19.8 Å². The molecule has 0 aromatic heterocycles. The molecule has 1 aromatic carbocycles. The zero-order valence-corrected chi connectivity index (χ0v) is 12.3. The summed E-state index contributed by atoms with van der Waals surface area (Å²) in [5.41, 5.74) is 0.962. The minimum absolute atomic E-state index is 0.0508. The molecule has 0 saturated heterocycles. The van der Waals surface area contributed by atoms with E-state index in [1.807, 2.05) is 24.3 Å². The first-order valence-electron chi connectivity index (χ1n) is 6.83. The molecule has 2 amide bonds. The molecule has 0 aliphatic heterocycles. The van der Waals surface area contributed by atoms with Crippen LogP contribution in [0.25, 0.3) is 0 Å². The molecule has 1 unspecified atom stereocenters. The van der Waals surface area contributed by atoms with E-state index in [2.05, 4.69) is 24.5 Å². The van der Waals surface area contributed by atoms with Gasteiger partial charge in [-0.05, 0) is 30.0 Å². The van der Waals surface area contributed by atoms with E-state index in [4.69, 9.17) is 4.74 Å². The van der Waals surface area contributed by atoms with Crippen molar-refractivity contribution in [2.75, 3.05) is 13.7 Å². The van der Waals surface area contributed by atoms with Gasteiger partial charge in [0.1, 0.15) is 5.75 Å². The van der Waals surface area contributed by atoms with Gasteiger partial charge in [0.2, 0.25) is 0 Å². The Labute approximate surface area is 120 Å². The first-order chi connectivity index (χ1) is 9.55. The summed E-state index contributed by atoms with van der Waals surface area (Å²) in [4.78, 5) is 11.8. The van der Waals surface area contributed by atoms with E-state index in [1.54, 1.807) is 7.11 Å². The number of aliphatic hydroxyl groups excluding tert-OH is 1. The number of benzene rings is 1. The number of nitrogens with one attached hydrogen (secondary N) is 2. The topological polar surface area (TPSA) is 70.6 Å². The van der Waals surface area contributed by atoms with E-state index in [0.29, 0.717) is 12.5 Å². The lowest BCUT2D eigenvalue weighted by molar-refractivity contribution is 0.206. The molecule has 112 valence electrons. The molecule has 0 aliphatic rings. The third-order valence-corrected chi connectivity index (χ3v) is 2.90. The zero-order valence-electron chi connectivity index (χ0n) is 12.3. The van der Waals surface area contributed by atoms with Gasteiger partial charge in [0, 0.05) is 6.54 Å². The van der Waals surface area contributed by atoms with Crippen LogP contribution in [0.3, 0.4) is 0 Å². The Balaban J connectivity index is 2.42. The van der Waals surface area contributed by atoms with Crippen LogP contribution in [0, 0.1) is 5.92 Å². The van der Waals surface area contributed by atoms with Crippen LogP contribution in [0.15, 0.2) is 24.3 Å². The second-order valence-electron chi connectivity index (χ2n) is 5.19. The normalized spacial score (nSPS) is 12.1. The number of ether oxygens (including phenoxy) is 1. The smallest absolute Gasteiger partial charge is 0.315 e. The van der Waals surface area contributed by atoms with Crippen molar-refractivity contribution in [1.29, 1.82) is 0 Å². The van der Waals surface area contributed by atoms with Gasteiger partial charge in [-0.3, -0.25) is 0 Å². The summed E-state index contributed by atoms with van der Waals surface area (Å²) in [7, 11) is 1.61. The molecule has 1 rings (SSSR count). The Bertz CT molecular complexity index is 421. The van der Waals surface area contributed by atoms with Crippen LogP contribution in [0.4, 0.5) is 4.79 Å². The van der Waals surface area contributed by atoms with Gasteiger partial charge in [-0.25, -0.2) is 4.79 Å². The number of amides is 2. The van der Waals surface area contributed by atoms with Crippen LogP contribution in [0.5, 0.6) is 5.75 Å². The monoisotopic (exact) mass is 280 g/mol. The zero-order chi connectivity index (χ0) is 15.0. The summed E-state index contributed by atoms with van der Waals surface area (Å²) >= 11 is 0. The fourth-order valence-electron chi connectivity index (χ4n) is 1.95. The largest absolute Gasteiger partial charge is 0.497 e. The first-order valence-corrected chi connectivity index (χ1v) is 6.83. The van der Waals surface area contributed by atoms with Crippen LogP contribution in [-0.2, 0) is 6.54 Å². The number of carbonyl (C=O) groups is 1. The van der Waals surface area contributed by atoms with Gasteiger partial charge in [-0.15, -0.1) is 0 Å². The minimum Gasteiger partial charge on any atom is -0.497 e. The van der Waals surface area contributed by atoms with Crippen molar-refractivity contribution in [3.05, 3.63) is 29.8 Å². The van der Waals surface area contributed by atoms with Crippen LogP contribution in [-0.4, -0.2) is 30.9 Å². The highest BCUT2D eigenvalue weighted by Gasteiger charge is 2.12. The lowest BCUT2D eigenvalue weighted by atomic mass is 10.0. The van der Waals surface area contributed by atoms with E-state index in [0.717, 1.165) is 17.7 Å². The Morgan fingerprint density at radius 1 is 1.40 bits per heavy atom. The van der Waals surface area contributed by atoms with Gasteiger partial charge in [-0.2, -0.15) is 0 Å². The van der Waals surface area contributed by atoms with Crippen LogP contribution in [0.1, 0.15) is 25.8 Å². The summed E-state index contributed by atoms with van der Waals surface area (Å²) in [6.07, 6.45) is 0.753. The number of aliphatic hydroxyl groups is 1. The van der Waals surface area contributed by atoms with Crippen molar-refractivity contribution in [3.8, 4) is 5.75 Å². The lowest BCUT2D eigenvalue weighted by Gasteiger charge is -2.18. The predicted octanol–water partition coefficient (Wildman–Crippen LogP) is 1.90. The van der Waals surface area contributed by atoms with Crippen molar-refractivity contribution >= 4 is 6.03 Å². The lowest BCUT2D eigenvalue weighted by Crippen LogP contribution is -2.44. The van der Waals surface area contributed by atoms with Gasteiger partial charge < -0.3 is 20.5 Å². The van der Waals surface area contributed by atoms with Crippen LogP contribution >= 0.6 is 0 Å². The van der Waals surface area contributed by atoms with Crippen molar-refractivity contribution in [3.63, 3.8) is 0 Å². The molecular weight excluding hydrogens is 256 g/mol. The van der Waals surface area contributed by atoms with Crippen molar-refractivity contribution in [2.45, 2.75) is 32.9 Å². The van der Waals surface area contributed by atoms with Crippen molar-refractivity contribution in [2.24, 2.45) is 5.92 Å². The molecule has 0 spiro atoms. The molecule has 0 bridgehead atoms. The van der Waals surface area contributed by atoms with Gasteiger partial charge in [-0.1, -0.05) is 26.0 Å². The Hall–Kier alpha value is -1.75. The third kappa shape index (κ3) is 5.93. The second kappa shape index (κ2) is 8.43. The number of urea groups is 1. The SMILES string of the molecule is COc1cccc(CNC(=O)NC(CO)CC(C)C)c1. The number of rotatable bonds is 7. The fourth-order valence-corrected chi connectivity index (χ4v) is 1.95. The molecule has 5 heteroatoms. The van der Waals surface area contributed by atoms with E-state index in [-0.39, 0.29) is 18.7 Å². The number of hydrogen-bond acceptors (Lipinski definition) is 3. The van der Waals surface area contributed by atoms with Crippen LogP contribution < -0.4 is 15.4 Å². The molecule has 3 N–H and O–H groups in total. The number of hydrogen-bond donors (Lipinski definition) is 3. The average molecular weight is 280 g/mol. The summed E-state index contributed by atoms with van der Waals surface area (Å²) < 4.78 is 5.13. The minimum atomic E-state index is -0.271. The predicted molar refractivity (Wildman–Crippen MR) is 78.7 cm³/mol. The molecule has 1 atom stereocenters. The number of methoxy groups -OCH3 is 1. The maximum Gasteiger partial charge on any atom is 0.315 e. The molecule has 0 aliphatic carbocycles. The van der Waals surface area contributed by atoms with Crippen molar-refractivity contribution < 1.29 is 14.6 Å². The first kappa shape index (κ1) is 16.3. The molecule has 5 nitrogen and oxygen atoms in total. The van der Waals surface area contributed by atoms with Gasteiger partial charge >= 0.3 is 6.03 Å². The highest BCUT2D eigenvalue weighted by Crippen LogP contribution is 2.12. The highest BCUT2D eigenvalue weighted by molar-refractivity contribution is 5.74. The second-order valence-corrected chi connectivity index (χ2v) is 5.19. The van der Waals surface area contributed by atoms with E-state index >= 15 is 0 Å². The van der Waals surface area contributed by atoms with Crippen molar-refractivity contribution in [1.82, 2.24) is 10.6 Å². The summed E-state index contributed by atoms with van der Waals surface area (Å²) in [5, 5.41) is 14.8. The molecule has 0 heterocycles. The van der Waals surface area contributed by atoms with E-state index < -0.39 is 0 Å². The summed E-state index contributed by atoms with van der Waals surface area (Å²) in [6, 6.07) is 7.04. The average Bonchev–Trinajstić information content (AvgIpc) is 2.44. The highest BCUT2D eigenvalue weighted by atomic mass is 16.5. The maximum absolute atomic E-state index is 11.8. The summed E-state index contributed by atoms with van der Waals surface area (Å²) in [6.45, 7) is 4.48. The quantitative estimate of drug-likeness (QED) is 0.714. The number of carbonyl (C=O) groups excluding carboxylic acids is 1. The molecule has 20 heavy (non-hydrogen) atoms. The van der Waals surface area contributed by atoms with E-state index in [1.165, 1.54) is 0 Å². The Morgan fingerprint density at radius 2 is 2.15 bits per heavy atom. The van der Waals surface area contributed by atoms with Gasteiger partial charge in [0.25, 0.3) is 0 Å². The van der Waals surface area contributed by atoms with E-state index in [9.17, 15) is 9.90 Å². The van der Waals surface area contributed by atoms with Gasteiger partial charge in [0.15, 0.2) is 0 Å². The molecule has 0 fully saturated rings. The summed E-state index contributed by atoms with van der Waals surface area (Å²) in [5.74, 6) is 1.18. The Kier molecular flexibility index (Phi) is 6.87. The standard InChI is InChI=1S/C15H24N2O3/c1-11(2)7-13(10-18)17-15(19)16-9-12-5-4-6-14(8-12)20-3/h4-6,8,11,13,18H,7,9-10H2,1-3H3,(H2,16,17,19). The fraction of sp³-hybridized carbons (Fsp3) is 0.533. The molecule has 0 radical (unpaired) electrons. The third-order valence-electron chi connectivity index (χ3n) is 2.90.